The molecule has 0 saturated heterocycles. The Morgan fingerprint density at radius 1 is 0.897 bits per heavy atom. The number of benzene rings is 2. The van der Waals surface area contributed by atoms with Gasteiger partial charge in [0.15, 0.2) is 0 Å². The van der Waals surface area contributed by atoms with Crippen LogP contribution in [0, 0.1) is 6.92 Å². The van der Waals surface area contributed by atoms with Gasteiger partial charge in [0.2, 0.25) is 0 Å². The van der Waals surface area contributed by atoms with Gasteiger partial charge in [-0.3, -0.25) is 10.1 Å². The van der Waals surface area contributed by atoms with Crippen LogP contribution in [-0.4, -0.2) is 15.2 Å². The fraction of sp³-hybridized carbons (Fsp3) is 0.0909. The number of pyridine rings is 1. The third-order valence-corrected chi connectivity index (χ3v) is 6.07. The van der Waals surface area contributed by atoms with Gasteiger partial charge in [-0.15, -0.1) is 11.3 Å². The van der Waals surface area contributed by atoms with E-state index in [-0.39, 0.29) is 5.69 Å². The minimum atomic E-state index is -4.47. The molecule has 0 saturated carbocycles. The molecule has 0 aliphatic carbocycles. The molecule has 0 aliphatic rings. The molecule has 3 heterocycles. The lowest BCUT2D eigenvalue weighted by atomic mass is 9.99. The molecular formula is C22H14F3N3S. The van der Waals surface area contributed by atoms with E-state index in [2.05, 4.69) is 34.3 Å². The Morgan fingerprint density at radius 3 is 2.48 bits per heavy atom. The van der Waals surface area contributed by atoms with Crippen molar-refractivity contribution in [1.29, 1.82) is 0 Å². The second kappa shape index (κ2) is 6.42. The molecule has 3 aromatic heterocycles. The lowest BCUT2D eigenvalue weighted by Gasteiger charge is -2.08. The zero-order valence-corrected chi connectivity index (χ0v) is 16.0. The molecule has 0 aliphatic heterocycles. The second-order valence-electron chi connectivity index (χ2n) is 6.86. The smallest absolute Gasteiger partial charge is 0.273 e. The fourth-order valence-corrected chi connectivity index (χ4v) is 4.61. The van der Waals surface area contributed by atoms with Gasteiger partial charge in [-0.2, -0.15) is 18.3 Å². The van der Waals surface area contributed by atoms with E-state index in [1.54, 1.807) is 23.6 Å². The first-order valence-electron chi connectivity index (χ1n) is 8.91. The van der Waals surface area contributed by atoms with Crippen LogP contribution in [0.4, 0.5) is 13.2 Å². The predicted molar refractivity (Wildman–Crippen MR) is 110 cm³/mol. The summed E-state index contributed by atoms with van der Waals surface area (Å²) in [5.74, 6) is 0. The summed E-state index contributed by atoms with van der Waals surface area (Å²) in [4.78, 5) is 4.28. The van der Waals surface area contributed by atoms with E-state index >= 15 is 0 Å². The summed E-state index contributed by atoms with van der Waals surface area (Å²) in [6, 6.07) is 17.3. The van der Waals surface area contributed by atoms with Crippen LogP contribution in [0.2, 0.25) is 0 Å². The number of fused-ring (bicyclic) bond motifs is 3. The summed E-state index contributed by atoms with van der Waals surface area (Å²) in [6.45, 7) is 1.94. The number of alkyl halides is 3. The van der Waals surface area contributed by atoms with Crippen LogP contribution in [0.1, 0.15) is 11.3 Å². The molecule has 144 valence electrons. The Labute approximate surface area is 167 Å². The monoisotopic (exact) mass is 409 g/mol. The van der Waals surface area contributed by atoms with Crippen molar-refractivity contribution >= 4 is 31.5 Å². The highest BCUT2D eigenvalue weighted by atomic mass is 32.1. The van der Waals surface area contributed by atoms with Crippen LogP contribution in [0.25, 0.3) is 42.7 Å². The van der Waals surface area contributed by atoms with Gasteiger partial charge in [0, 0.05) is 26.4 Å². The quantitative estimate of drug-likeness (QED) is 0.347. The molecule has 0 fully saturated rings. The first kappa shape index (κ1) is 17.9. The van der Waals surface area contributed by atoms with Crippen molar-refractivity contribution in [2.45, 2.75) is 13.1 Å². The molecule has 0 amide bonds. The maximum Gasteiger partial charge on any atom is 0.432 e. The minimum absolute atomic E-state index is 0.168. The first-order valence-corrected chi connectivity index (χ1v) is 9.73. The Balaban J connectivity index is 1.61. The first-order chi connectivity index (χ1) is 13.9. The maximum atomic E-state index is 12.9. The lowest BCUT2D eigenvalue weighted by molar-refractivity contribution is -0.141. The van der Waals surface area contributed by atoms with Crippen LogP contribution >= 0.6 is 11.3 Å². The molecule has 0 bridgehead atoms. The summed E-state index contributed by atoms with van der Waals surface area (Å²) in [6.07, 6.45) is -2.80. The number of nitrogens with one attached hydrogen (secondary N) is 1. The predicted octanol–water partition coefficient (Wildman–Crippen LogP) is 6.83. The van der Waals surface area contributed by atoms with Crippen LogP contribution in [0.5, 0.6) is 0 Å². The molecule has 0 spiro atoms. The topological polar surface area (TPSA) is 41.6 Å². The number of thiophene rings is 1. The number of aryl methyl sites for hydroxylation is 1. The molecule has 0 unspecified atom stereocenters. The molecule has 29 heavy (non-hydrogen) atoms. The van der Waals surface area contributed by atoms with Crippen molar-refractivity contribution in [2.24, 2.45) is 0 Å². The molecule has 0 radical (unpaired) electrons. The number of hydrogen-bond acceptors (Lipinski definition) is 3. The molecule has 3 nitrogen and oxygen atoms in total. The number of H-pyrrole nitrogens is 1. The molecule has 2 aromatic carbocycles. The summed E-state index contributed by atoms with van der Waals surface area (Å²) in [5.41, 5.74) is 2.54. The van der Waals surface area contributed by atoms with Crippen molar-refractivity contribution < 1.29 is 13.2 Å². The minimum Gasteiger partial charge on any atom is -0.273 e. The normalized spacial score (nSPS) is 12.1. The van der Waals surface area contributed by atoms with Gasteiger partial charge < -0.3 is 0 Å². The summed E-state index contributed by atoms with van der Waals surface area (Å²) in [5, 5.41) is 8.26. The van der Waals surface area contributed by atoms with Gasteiger partial charge in [0.05, 0.1) is 5.69 Å². The van der Waals surface area contributed by atoms with Gasteiger partial charge in [-0.05, 0) is 47.9 Å². The molecule has 5 rings (SSSR count). The molecule has 0 atom stereocenters. The largest absolute Gasteiger partial charge is 0.432 e. The Hall–Kier alpha value is -3.19. The van der Waals surface area contributed by atoms with Crippen molar-refractivity contribution in [2.75, 3.05) is 0 Å². The molecule has 5 aromatic rings. The Morgan fingerprint density at radius 2 is 1.69 bits per heavy atom. The van der Waals surface area contributed by atoms with E-state index in [9.17, 15) is 13.2 Å². The van der Waals surface area contributed by atoms with Crippen LogP contribution in [0.3, 0.4) is 0 Å². The van der Waals surface area contributed by atoms with Crippen LogP contribution < -0.4 is 0 Å². The van der Waals surface area contributed by atoms with Crippen molar-refractivity contribution in [1.82, 2.24) is 15.2 Å². The van der Waals surface area contributed by atoms with Gasteiger partial charge in [0.25, 0.3) is 0 Å². The fourth-order valence-electron chi connectivity index (χ4n) is 3.47. The highest BCUT2D eigenvalue weighted by Gasteiger charge is 2.33. The second-order valence-corrected chi connectivity index (χ2v) is 7.94. The van der Waals surface area contributed by atoms with Gasteiger partial charge in [-0.1, -0.05) is 30.3 Å². The number of halogens is 3. The van der Waals surface area contributed by atoms with Crippen molar-refractivity contribution in [3.05, 3.63) is 72.1 Å². The Kier molecular flexibility index (Phi) is 3.96. The van der Waals surface area contributed by atoms with E-state index in [0.717, 1.165) is 22.8 Å². The summed E-state index contributed by atoms with van der Waals surface area (Å²) in [7, 11) is 0. The average molecular weight is 409 g/mol. The van der Waals surface area contributed by atoms with E-state index < -0.39 is 11.9 Å². The third-order valence-electron chi connectivity index (χ3n) is 4.94. The zero-order valence-electron chi connectivity index (χ0n) is 15.2. The number of hydrogen-bond donors (Lipinski definition) is 1. The number of nitrogens with zero attached hydrogens (tertiary/aromatic N) is 2. The molecular weight excluding hydrogens is 395 g/mol. The summed E-state index contributed by atoms with van der Waals surface area (Å²) < 4.78 is 41.0. The number of aromatic nitrogens is 3. The number of rotatable bonds is 2. The lowest BCUT2D eigenvalue weighted by Crippen LogP contribution is -2.04. The average Bonchev–Trinajstić information content (AvgIpc) is 3.33. The van der Waals surface area contributed by atoms with Crippen LogP contribution in [0.15, 0.2) is 60.8 Å². The van der Waals surface area contributed by atoms with E-state index in [0.29, 0.717) is 5.69 Å². The standard InChI is InChI=1S/C22H14F3N3S/c1-12-11-26-17(18-10-21(28-27-18)22(23,24)25)9-16(12)13-6-7-15-14-4-2-3-5-19(14)29-20(15)8-13/h2-11H,1H3,(H,27,28). The van der Waals surface area contributed by atoms with E-state index in [4.69, 9.17) is 0 Å². The highest BCUT2D eigenvalue weighted by Crippen LogP contribution is 2.37. The summed E-state index contributed by atoms with van der Waals surface area (Å²) >= 11 is 1.73. The highest BCUT2D eigenvalue weighted by molar-refractivity contribution is 7.25. The van der Waals surface area contributed by atoms with E-state index in [1.165, 1.54) is 20.2 Å². The van der Waals surface area contributed by atoms with E-state index in [1.807, 2.05) is 30.2 Å². The Bertz CT molecular complexity index is 1370. The SMILES string of the molecule is Cc1cnc(-c2cc(C(F)(F)F)[nH]n2)cc1-c1ccc2c(c1)sc1ccccc12. The molecule has 7 heteroatoms. The number of aromatic amines is 1. The van der Waals surface area contributed by atoms with Gasteiger partial charge >= 0.3 is 6.18 Å². The van der Waals surface area contributed by atoms with Gasteiger partial charge in [-0.25, -0.2) is 0 Å². The van der Waals surface area contributed by atoms with Gasteiger partial charge in [0.1, 0.15) is 11.4 Å². The zero-order chi connectivity index (χ0) is 20.2. The molecule has 1 N–H and O–H groups in total. The third kappa shape index (κ3) is 3.07. The van der Waals surface area contributed by atoms with Crippen molar-refractivity contribution in [3.8, 4) is 22.5 Å². The van der Waals surface area contributed by atoms with Crippen molar-refractivity contribution in [3.63, 3.8) is 0 Å². The van der Waals surface area contributed by atoms with Crippen LogP contribution in [-0.2, 0) is 6.18 Å². The maximum absolute atomic E-state index is 12.9.